The summed E-state index contributed by atoms with van der Waals surface area (Å²) in [5.74, 6) is -0.119. The Kier molecular flexibility index (Phi) is 4.95. The molecule has 1 amide bonds. The number of piperidine rings is 1. The molecule has 20 heavy (non-hydrogen) atoms. The lowest BCUT2D eigenvalue weighted by Crippen LogP contribution is -2.35. The van der Waals surface area contributed by atoms with Crippen LogP contribution in [-0.4, -0.2) is 30.1 Å². The van der Waals surface area contributed by atoms with E-state index >= 15 is 0 Å². The number of nitrogens with one attached hydrogen (secondary N) is 1. The Bertz CT molecular complexity index is 482. The molecule has 0 aliphatic carbocycles. The molecule has 0 radical (unpaired) electrons. The van der Waals surface area contributed by atoms with Gasteiger partial charge in [0.2, 0.25) is 5.88 Å². The molecule has 1 aliphatic heterocycles. The number of primary amides is 1. The van der Waals surface area contributed by atoms with Crippen LogP contribution in [0.5, 0.6) is 5.88 Å². The third-order valence-corrected chi connectivity index (χ3v) is 3.68. The molecule has 0 spiro atoms. The second-order valence-corrected chi connectivity index (χ2v) is 5.41. The number of hydrogen-bond acceptors (Lipinski definition) is 4. The van der Waals surface area contributed by atoms with E-state index in [-0.39, 0.29) is 0 Å². The highest BCUT2D eigenvalue weighted by Gasteiger charge is 2.17. The van der Waals surface area contributed by atoms with Gasteiger partial charge in [-0.3, -0.25) is 4.79 Å². The third kappa shape index (κ3) is 3.70. The molecule has 1 unspecified atom stereocenters. The molecule has 110 valence electrons. The average molecular weight is 277 g/mol. The molecule has 2 rings (SSSR count). The highest BCUT2D eigenvalue weighted by atomic mass is 16.5. The standard InChI is InChI=1S/C15H23N3O2/c1-10-9-11(2)18-15(13(10)14(16)19)20-8-6-12-5-3-4-7-17-12/h9,12,17H,3-8H2,1-2H3,(H2,16,19). The number of rotatable bonds is 5. The predicted octanol–water partition coefficient (Wildman–Crippen LogP) is 1.71. The van der Waals surface area contributed by atoms with Gasteiger partial charge in [-0.2, -0.15) is 0 Å². The number of nitrogens with zero attached hydrogens (tertiary/aromatic N) is 1. The van der Waals surface area contributed by atoms with Crippen LogP contribution in [0.3, 0.4) is 0 Å². The number of hydrogen-bond donors (Lipinski definition) is 2. The van der Waals surface area contributed by atoms with Crippen molar-refractivity contribution in [2.24, 2.45) is 5.73 Å². The number of amides is 1. The Hall–Kier alpha value is -1.62. The van der Waals surface area contributed by atoms with Crippen molar-refractivity contribution in [3.8, 4) is 5.88 Å². The molecular weight excluding hydrogens is 254 g/mol. The van der Waals surface area contributed by atoms with Crippen LogP contribution in [0.4, 0.5) is 0 Å². The van der Waals surface area contributed by atoms with E-state index in [2.05, 4.69) is 10.3 Å². The molecule has 1 aliphatic rings. The maximum atomic E-state index is 11.5. The van der Waals surface area contributed by atoms with Crippen LogP contribution >= 0.6 is 0 Å². The third-order valence-electron chi connectivity index (χ3n) is 3.68. The summed E-state index contributed by atoms with van der Waals surface area (Å²) in [7, 11) is 0. The van der Waals surface area contributed by atoms with E-state index in [0.717, 1.165) is 24.2 Å². The van der Waals surface area contributed by atoms with Gasteiger partial charge in [-0.05, 0) is 51.3 Å². The van der Waals surface area contributed by atoms with Crippen molar-refractivity contribution in [3.05, 3.63) is 22.9 Å². The van der Waals surface area contributed by atoms with Crippen molar-refractivity contribution in [2.45, 2.75) is 45.6 Å². The molecular formula is C15H23N3O2. The Morgan fingerprint density at radius 1 is 1.50 bits per heavy atom. The highest BCUT2D eigenvalue weighted by Crippen LogP contribution is 2.21. The number of pyridine rings is 1. The van der Waals surface area contributed by atoms with Crippen molar-refractivity contribution < 1.29 is 9.53 Å². The van der Waals surface area contributed by atoms with Gasteiger partial charge in [0, 0.05) is 11.7 Å². The molecule has 1 fully saturated rings. The number of nitrogens with two attached hydrogens (primary N) is 1. The van der Waals surface area contributed by atoms with Crippen LogP contribution in [0.1, 0.15) is 47.3 Å². The fourth-order valence-corrected chi connectivity index (χ4v) is 2.67. The van der Waals surface area contributed by atoms with Gasteiger partial charge in [-0.15, -0.1) is 0 Å². The molecule has 1 atom stereocenters. The number of carbonyl (C=O) groups is 1. The molecule has 0 bridgehead atoms. The topological polar surface area (TPSA) is 77.2 Å². The van der Waals surface area contributed by atoms with Gasteiger partial charge in [0.25, 0.3) is 5.91 Å². The minimum Gasteiger partial charge on any atom is -0.477 e. The van der Waals surface area contributed by atoms with E-state index in [4.69, 9.17) is 10.5 Å². The molecule has 2 heterocycles. The van der Waals surface area contributed by atoms with Gasteiger partial charge < -0.3 is 15.8 Å². The van der Waals surface area contributed by atoms with Crippen molar-refractivity contribution in [1.29, 1.82) is 0 Å². The van der Waals surface area contributed by atoms with E-state index in [1.54, 1.807) is 0 Å². The van der Waals surface area contributed by atoms with Crippen molar-refractivity contribution in [2.75, 3.05) is 13.2 Å². The fourth-order valence-electron chi connectivity index (χ4n) is 2.67. The monoisotopic (exact) mass is 277 g/mol. The summed E-state index contributed by atoms with van der Waals surface area (Å²) in [6, 6.07) is 2.35. The molecule has 1 saturated heterocycles. The minimum absolute atomic E-state index is 0.366. The van der Waals surface area contributed by atoms with E-state index in [9.17, 15) is 4.79 Å². The fraction of sp³-hybridized carbons (Fsp3) is 0.600. The largest absolute Gasteiger partial charge is 0.477 e. The normalized spacial score (nSPS) is 18.8. The van der Waals surface area contributed by atoms with E-state index in [0.29, 0.717) is 24.1 Å². The first-order valence-electron chi connectivity index (χ1n) is 7.22. The summed E-state index contributed by atoms with van der Waals surface area (Å²) < 4.78 is 5.71. The molecule has 5 heteroatoms. The smallest absolute Gasteiger partial charge is 0.254 e. The maximum absolute atomic E-state index is 11.5. The summed E-state index contributed by atoms with van der Waals surface area (Å²) in [4.78, 5) is 15.8. The SMILES string of the molecule is Cc1cc(C)c(C(N)=O)c(OCCC2CCCCN2)n1. The summed E-state index contributed by atoms with van der Waals surface area (Å²) >= 11 is 0. The van der Waals surface area contributed by atoms with Crippen molar-refractivity contribution >= 4 is 5.91 Å². The van der Waals surface area contributed by atoms with E-state index in [1.807, 2.05) is 19.9 Å². The van der Waals surface area contributed by atoms with Crippen LogP contribution in [-0.2, 0) is 0 Å². The Balaban J connectivity index is 1.99. The van der Waals surface area contributed by atoms with Crippen LogP contribution in [0.25, 0.3) is 0 Å². The van der Waals surface area contributed by atoms with Gasteiger partial charge in [0.15, 0.2) is 0 Å². The van der Waals surface area contributed by atoms with Crippen LogP contribution in [0.15, 0.2) is 6.07 Å². The summed E-state index contributed by atoms with van der Waals surface area (Å²) in [6.07, 6.45) is 4.63. The Morgan fingerprint density at radius 2 is 2.30 bits per heavy atom. The first-order chi connectivity index (χ1) is 9.58. The predicted molar refractivity (Wildman–Crippen MR) is 78.0 cm³/mol. The molecule has 3 N–H and O–H groups in total. The number of aryl methyl sites for hydroxylation is 2. The number of carbonyl (C=O) groups excluding carboxylic acids is 1. The lowest BCUT2D eigenvalue weighted by atomic mass is 10.0. The molecule has 1 aromatic rings. The van der Waals surface area contributed by atoms with Crippen LogP contribution in [0, 0.1) is 13.8 Å². The average Bonchev–Trinajstić information content (AvgIpc) is 2.38. The van der Waals surface area contributed by atoms with Gasteiger partial charge in [0.05, 0.1) is 6.61 Å². The summed E-state index contributed by atoms with van der Waals surface area (Å²) in [5.41, 5.74) is 7.45. The summed E-state index contributed by atoms with van der Waals surface area (Å²) in [5, 5.41) is 3.47. The van der Waals surface area contributed by atoms with Crippen LogP contribution < -0.4 is 15.8 Å². The van der Waals surface area contributed by atoms with Gasteiger partial charge in [-0.1, -0.05) is 6.42 Å². The maximum Gasteiger partial charge on any atom is 0.254 e. The zero-order valence-electron chi connectivity index (χ0n) is 12.2. The molecule has 5 nitrogen and oxygen atoms in total. The highest BCUT2D eigenvalue weighted by molar-refractivity contribution is 5.96. The molecule has 1 aromatic heterocycles. The van der Waals surface area contributed by atoms with E-state index in [1.165, 1.54) is 19.3 Å². The molecule has 0 aromatic carbocycles. The van der Waals surface area contributed by atoms with Gasteiger partial charge in [0.1, 0.15) is 5.56 Å². The van der Waals surface area contributed by atoms with Gasteiger partial charge in [-0.25, -0.2) is 4.98 Å². The van der Waals surface area contributed by atoms with Gasteiger partial charge >= 0.3 is 0 Å². The molecule has 0 saturated carbocycles. The van der Waals surface area contributed by atoms with Crippen molar-refractivity contribution in [3.63, 3.8) is 0 Å². The second-order valence-electron chi connectivity index (χ2n) is 5.41. The lowest BCUT2D eigenvalue weighted by Gasteiger charge is -2.23. The minimum atomic E-state index is -0.485. The van der Waals surface area contributed by atoms with Crippen LogP contribution in [0.2, 0.25) is 0 Å². The summed E-state index contributed by atoms with van der Waals surface area (Å²) in [6.45, 7) is 5.37. The second kappa shape index (κ2) is 6.70. The van der Waals surface area contributed by atoms with Crippen molar-refractivity contribution in [1.82, 2.24) is 10.3 Å². The first-order valence-corrected chi connectivity index (χ1v) is 7.22. The Morgan fingerprint density at radius 3 is 2.95 bits per heavy atom. The first kappa shape index (κ1) is 14.8. The lowest BCUT2D eigenvalue weighted by molar-refractivity contribution is 0.0994. The Labute approximate surface area is 119 Å². The number of ether oxygens (including phenoxy) is 1. The zero-order chi connectivity index (χ0) is 14.5. The van der Waals surface area contributed by atoms with E-state index < -0.39 is 5.91 Å². The quantitative estimate of drug-likeness (QED) is 0.859. The zero-order valence-corrected chi connectivity index (χ0v) is 12.2. The number of aromatic nitrogens is 1.